The van der Waals surface area contributed by atoms with Gasteiger partial charge < -0.3 is 9.73 Å². The number of furan rings is 1. The molecule has 1 aromatic heterocycles. The van der Waals surface area contributed by atoms with E-state index in [1.54, 1.807) is 18.0 Å². The SMILES string of the molecule is CCC(SCc1ccco1)C(=O)Nc1ccc(I)cc1. The fraction of sp³-hybridized carbons (Fsp3) is 0.267. The Morgan fingerprint density at radius 3 is 2.70 bits per heavy atom. The topological polar surface area (TPSA) is 42.2 Å². The van der Waals surface area contributed by atoms with Crippen LogP contribution in [0.15, 0.2) is 47.1 Å². The number of carbonyl (C=O) groups excluding carboxylic acids is 1. The number of carbonyl (C=O) groups is 1. The minimum Gasteiger partial charge on any atom is -0.468 e. The summed E-state index contributed by atoms with van der Waals surface area (Å²) < 4.78 is 6.44. The molecule has 1 aromatic carbocycles. The molecule has 0 aliphatic heterocycles. The van der Waals surface area contributed by atoms with Gasteiger partial charge in [0.25, 0.3) is 0 Å². The minimum atomic E-state index is -0.0700. The summed E-state index contributed by atoms with van der Waals surface area (Å²) in [7, 11) is 0. The first-order valence-electron chi connectivity index (χ1n) is 6.39. The minimum absolute atomic E-state index is 0.0465. The summed E-state index contributed by atoms with van der Waals surface area (Å²) in [5.74, 6) is 1.66. The second kappa shape index (κ2) is 7.73. The van der Waals surface area contributed by atoms with Crippen molar-refractivity contribution in [2.45, 2.75) is 24.3 Å². The van der Waals surface area contributed by atoms with Gasteiger partial charge in [0.15, 0.2) is 0 Å². The number of hydrogen-bond acceptors (Lipinski definition) is 3. The molecule has 0 aliphatic rings. The lowest BCUT2D eigenvalue weighted by atomic mass is 10.3. The van der Waals surface area contributed by atoms with Crippen molar-refractivity contribution < 1.29 is 9.21 Å². The maximum absolute atomic E-state index is 12.2. The second-order valence-electron chi connectivity index (χ2n) is 4.28. The summed E-state index contributed by atoms with van der Waals surface area (Å²) in [5, 5.41) is 2.89. The zero-order valence-corrected chi connectivity index (χ0v) is 14.1. The third-order valence-corrected chi connectivity index (χ3v) is 4.90. The van der Waals surface area contributed by atoms with Gasteiger partial charge in [0, 0.05) is 9.26 Å². The van der Waals surface area contributed by atoms with Crippen molar-refractivity contribution in [1.82, 2.24) is 0 Å². The molecule has 0 fully saturated rings. The first-order valence-corrected chi connectivity index (χ1v) is 8.52. The van der Waals surface area contributed by atoms with Crippen molar-refractivity contribution in [3.8, 4) is 0 Å². The van der Waals surface area contributed by atoms with Gasteiger partial charge in [0.05, 0.1) is 17.3 Å². The van der Waals surface area contributed by atoms with Crippen molar-refractivity contribution in [2.75, 3.05) is 5.32 Å². The molecule has 20 heavy (non-hydrogen) atoms. The van der Waals surface area contributed by atoms with E-state index >= 15 is 0 Å². The number of benzene rings is 1. The summed E-state index contributed by atoms with van der Waals surface area (Å²) in [5.41, 5.74) is 0.840. The van der Waals surface area contributed by atoms with Crippen molar-refractivity contribution in [1.29, 1.82) is 0 Å². The van der Waals surface area contributed by atoms with E-state index in [9.17, 15) is 4.79 Å². The predicted molar refractivity (Wildman–Crippen MR) is 91.9 cm³/mol. The highest BCUT2D eigenvalue weighted by atomic mass is 127. The Kier molecular flexibility index (Phi) is 5.97. The van der Waals surface area contributed by atoms with Gasteiger partial charge in [-0.15, -0.1) is 11.8 Å². The lowest BCUT2D eigenvalue weighted by Crippen LogP contribution is -2.24. The molecule has 106 valence electrons. The fourth-order valence-electron chi connectivity index (χ4n) is 1.71. The van der Waals surface area contributed by atoms with Gasteiger partial charge in [-0.1, -0.05) is 6.92 Å². The highest BCUT2D eigenvalue weighted by Gasteiger charge is 2.17. The summed E-state index contributed by atoms with van der Waals surface area (Å²) in [6.07, 6.45) is 2.45. The molecule has 1 N–H and O–H groups in total. The number of nitrogens with one attached hydrogen (secondary N) is 1. The molecule has 2 aromatic rings. The maximum Gasteiger partial charge on any atom is 0.237 e. The molecule has 0 bridgehead atoms. The number of rotatable bonds is 6. The first kappa shape index (κ1) is 15.4. The molecule has 0 saturated heterocycles. The Labute approximate surface area is 136 Å². The lowest BCUT2D eigenvalue weighted by molar-refractivity contribution is -0.115. The van der Waals surface area contributed by atoms with Gasteiger partial charge in [0.1, 0.15) is 5.76 Å². The normalized spacial score (nSPS) is 12.1. The zero-order valence-electron chi connectivity index (χ0n) is 11.1. The highest BCUT2D eigenvalue weighted by molar-refractivity contribution is 14.1. The van der Waals surface area contributed by atoms with Crippen LogP contribution in [0.2, 0.25) is 0 Å². The van der Waals surface area contributed by atoms with Crippen LogP contribution in [-0.2, 0) is 10.5 Å². The average Bonchev–Trinajstić information content (AvgIpc) is 2.95. The smallest absolute Gasteiger partial charge is 0.237 e. The van der Waals surface area contributed by atoms with Crippen molar-refractivity contribution in [3.63, 3.8) is 0 Å². The molecular formula is C15H16INO2S. The Balaban J connectivity index is 1.89. The van der Waals surface area contributed by atoms with Crippen LogP contribution in [0.3, 0.4) is 0 Å². The summed E-state index contributed by atoms with van der Waals surface area (Å²) in [6.45, 7) is 2.02. The number of halogens is 1. The van der Waals surface area contributed by atoms with Gasteiger partial charge in [0.2, 0.25) is 5.91 Å². The maximum atomic E-state index is 12.2. The summed E-state index contributed by atoms with van der Waals surface area (Å²) >= 11 is 3.85. The summed E-state index contributed by atoms with van der Waals surface area (Å²) in [4.78, 5) is 12.2. The predicted octanol–water partition coefficient (Wildman–Crippen LogP) is 4.53. The van der Waals surface area contributed by atoms with E-state index in [1.807, 2.05) is 43.3 Å². The molecule has 1 atom stereocenters. The molecule has 0 radical (unpaired) electrons. The van der Waals surface area contributed by atoms with Crippen LogP contribution in [0.25, 0.3) is 0 Å². The van der Waals surface area contributed by atoms with E-state index in [0.29, 0.717) is 5.75 Å². The lowest BCUT2D eigenvalue weighted by Gasteiger charge is -2.14. The van der Waals surface area contributed by atoms with E-state index in [2.05, 4.69) is 27.9 Å². The van der Waals surface area contributed by atoms with E-state index in [1.165, 1.54) is 0 Å². The van der Waals surface area contributed by atoms with E-state index in [0.717, 1.165) is 21.4 Å². The Morgan fingerprint density at radius 1 is 1.35 bits per heavy atom. The quantitative estimate of drug-likeness (QED) is 0.723. The first-order chi connectivity index (χ1) is 9.69. The van der Waals surface area contributed by atoms with Gasteiger partial charge in [-0.05, 0) is 65.4 Å². The van der Waals surface area contributed by atoms with Crippen LogP contribution in [-0.4, -0.2) is 11.2 Å². The van der Waals surface area contributed by atoms with Gasteiger partial charge in [-0.2, -0.15) is 0 Å². The van der Waals surface area contributed by atoms with Gasteiger partial charge in [-0.3, -0.25) is 4.79 Å². The highest BCUT2D eigenvalue weighted by Crippen LogP contribution is 2.22. The Bertz CT molecular complexity index is 540. The molecule has 0 saturated carbocycles. The molecule has 0 spiro atoms. The van der Waals surface area contributed by atoms with E-state index < -0.39 is 0 Å². The molecule has 1 unspecified atom stereocenters. The van der Waals surface area contributed by atoms with Gasteiger partial charge in [-0.25, -0.2) is 0 Å². The van der Waals surface area contributed by atoms with Crippen LogP contribution >= 0.6 is 34.4 Å². The number of amides is 1. The van der Waals surface area contributed by atoms with Crippen LogP contribution < -0.4 is 5.32 Å². The van der Waals surface area contributed by atoms with Crippen LogP contribution in [0.4, 0.5) is 5.69 Å². The molecule has 1 heterocycles. The van der Waals surface area contributed by atoms with Crippen LogP contribution in [0, 0.1) is 3.57 Å². The number of anilines is 1. The van der Waals surface area contributed by atoms with Crippen molar-refractivity contribution >= 4 is 45.9 Å². The molecule has 3 nitrogen and oxygen atoms in total. The third kappa shape index (κ3) is 4.56. The molecule has 0 aliphatic carbocycles. The van der Waals surface area contributed by atoms with E-state index in [-0.39, 0.29) is 11.2 Å². The molecular weight excluding hydrogens is 385 g/mol. The largest absolute Gasteiger partial charge is 0.468 e. The Hall–Kier alpha value is -0.950. The van der Waals surface area contributed by atoms with E-state index in [4.69, 9.17) is 4.42 Å². The Morgan fingerprint density at radius 2 is 2.10 bits per heavy atom. The zero-order chi connectivity index (χ0) is 14.4. The van der Waals surface area contributed by atoms with Crippen molar-refractivity contribution in [2.24, 2.45) is 0 Å². The van der Waals surface area contributed by atoms with Crippen LogP contribution in [0.1, 0.15) is 19.1 Å². The number of hydrogen-bond donors (Lipinski definition) is 1. The monoisotopic (exact) mass is 401 g/mol. The summed E-state index contributed by atoms with van der Waals surface area (Å²) in [6, 6.07) is 11.6. The van der Waals surface area contributed by atoms with Crippen LogP contribution in [0.5, 0.6) is 0 Å². The molecule has 2 rings (SSSR count). The van der Waals surface area contributed by atoms with Crippen molar-refractivity contribution in [3.05, 3.63) is 52.0 Å². The average molecular weight is 401 g/mol. The fourth-order valence-corrected chi connectivity index (χ4v) is 3.05. The number of thioether (sulfide) groups is 1. The third-order valence-electron chi connectivity index (χ3n) is 2.78. The standard InChI is InChI=1S/C15H16INO2S/c1-2-14(20-10-13-4-3-9-19-13)15(18)17-12-7-5-11(16)6-8-12/h3-9,14H,2,10H2,1H3,(H,17,18). The van der Waals surface area contributed by atoms with Gasteiger partial charge >= 0.3 is 0 Å². The molecule has 1 amide bonds. The molecule has 5 heteroatoms. The second-order valence-corrected chi connectivity index (χ2v) is 6.72.